The molecule has 0 spiro atoms. The average Bonchev–Trinajstić information content (AvgIpc) is 3.16. The molecule has 7 nitrogen and oxygen atoms in total. The predicted octanol–water partition coefficient (Wildman–Crippen LogP) is 12.9. The molecule has 1 atom stereocenters. The quantitative estimate of drug-likeness (QED) is 0.0577. The van der Waals surface area contributed by atoms with Crippen LogP contribution in [-0.4, -0.2) is 29.7 Å². The number of hydrogen-bond acceptors (Lipinski definition) is 6. The Morgan fingerprint density at radius 2 is 1.38 bits per heavy atom. The number of aromatic nitrogens is 1. The maximum absolute atomic E-state index is 14.1. The van der Waals surface area contributed by atoms with E-state index in [0.717, 1.165) is 66.3 Å². The first-order valence-electron chi connectivity index (χ1n) is 20.2. The van der Waals surface area contributed by atoms with E-state index in [-0.39, 0.29) is 30.0 Å². The van der Waals surface area contributed by atoms with Gasteiger partial charge in [0.2, 0.25) is 12.7 Å². The Kier molecular flexibility index (Phi) is 18.6. The Hall–Kier alpha value is -3.52. The highest BCUT2D eigenvalue weighted by Gasteiger charge is 2.36. The Morgan fingerprint density at radius 1 is 0.792 bits per heavy atom. The van der Waals surface area contributed by atoms with E-state index in [1.54, 1.807) is 42.6 Å². The summed E-state index contributed by atoms with van der Waals surface area (Å²) in [6, 6.07) is 13.1. The highest BCUT2D eigenvalue weighted by molar-refractivity contribution is 6.30. The number of benzene rings is 2. The van der Waals surface area contributed by atoms with Gasteiger partial charge in [0, 0.05) is 28.9 Å². The third-order valence-electron chi connectivity index (χ3n) is 10.9. The smallest absolute Gasteiger partial charge is 0.424 e. The summed E-state index contributed by atoms with van der Waals surface area (Å²) in [6.07, 6.45) is 23.0. The fourth-order valence-corrected chi connectivity index (χ4v) is 7.79. The van der Waals surface area contributed by atoms with E-state index in [1.165, 1.54) is 83.1 Å². The molecule has 0 bridgehead atoms. The molecule has 1 fully saturated rings. The fraction of sp³-hybridized carbons (Fsp3) is 0.591. The number of nitrogens with zero attached hydrogens (tertiary/aromatic N) is 2. The van der Waals surface area contributed by atoms with Gasteiger partial charge in [0.05, 0.1) is 11.2 Å². The van der Waals surface area contributed by atoms with Crippen molar-refractivity contribution in [3.05, 3.63) is 71.1 Å². The van der Waals surface area contributed by atoms with Crippen LogP contribution >= 0.6 is 11.6 Å². The third kappa shape index (κ3) is 14.0. The molecule has 2 aromatic carbocycles. The maximum atomic E-state index is 14.1. The molecule has 290 valence electrons. The van der Waals surface area contributed by atoms with Crippen LogP contribution in [-0.2, 0) is 19.1 Å². The number of rotatable bonds is 22. The van der Waals surface area contributed by atoms with Crippen LogP contribution in [0.25, 0.3) is 10.9 Å². The molecule has 1 heterocycles. The zero-order chi connectivity index (χ0) is 37.8. The normalized spacial score (nSPS) is 16.3. The summed E-state index contributed by atoms with van der Waals surface area (Å²) < 4.78 is 24.6. The van der Waals surface area contributed by atoms with Gasteiger partial charge in [0.15, 0.2) is 0 Å². The summed E-state index contributed by atoms with van der Waals surface area (Å²) in [4.78, 5) is 45.1. The molecular formula is C44H60ClFN2O5. The van der Waals surface area contributed by atoms with Gasteiger partial charge in [-0.1, -0.05) is 115 Å². The molecule has 53 heavy (non-hydrogen) atoms. The van der Waals surface area contributed by atoms with E-state index in [9.17, 15) is 18.8 Å². The first-order chi connectivity index (χ1) is 25.8. The molecule has 1 aromatic heterocycles. The second-order valence-electron chi connectivity index (χ2n) is 14.9. The maximum Gasteiger partial charge on any atom is 0.424 e. The summed E-state index contributed by atoms with van der Waals surface area (Å²) in [5.74, 6) is -1.31. The van der Waals surface area contributed by atoms with Crippen molar-refractivity contribution >= 4 is 46.2 Å². The molecule has 4 rings (SSSR count). The van der Waals surface area contributed by atoms with Crippen LogP contribution < -0.4 is 4.90 Å². The first-order valence-corrected chi connectivity index (χ1v) is 20.6. The molecule has 1 aliphatic rings. The number of amides is 2. The summed E-state index contributed by atoms with van der Waals surface area (Å²) >= 11 is 6.11. The van der Waals surface area contributed by atoms with Crippen LogP contribution in [0.1, 0.15) is 154 Å². The molecule has 1 aliphatic carbocycles. The molecule has 0 aliphatic heterocycles. The van der Waals surface area contributed by atoms with Crippen LogP contribution in [0.15, 0.2) is 54.7 Å². The molecule has 3 aromatic rings. The Labute approximate surface area is 321 Å². The molecule has 0 N–H and O–H groups in total. The van der Waals surface area contributed by atoms with Gasteiger partial charge in [-0.05, 0) is 98.0 Å². The van der Waals surface area contributed by atoms with Crippen LogP contribution in [0, 0.1) is 17.7 Å². The summed E-state index contributed by atoms with van der Waals surface area (Å²) in [5.41, 5.74) is 2.18. The van der Waals surface area contributed by atoms with E-state index in [2.05, 4.69) is 11.9 Å². The van der Waals surface area contributed by atoms with E-state index in [1.807, 2.05) is 13.0 Å². The highest BCUT2D eigenvalue weighted by atomic mass is 35.5. The minimum absolute atomic E-state index is 0.0407. The van der Waals surface area contributed by atoms with E-state index < -0.39 is 24.8 Å². The molecular weight excluding hydrogens is 691 g/mol. The number of imide groups is 1. The second-order valence-corrected chi connectivity index (χ2v) is 15.3. The summed E-state index contributed by atoms with van der Waals surface area (Å²) in [5, 5.41) is 1.30. The number of esters is 1. The number of carbonyl (C=O) groups is 3. The van der Waals surface area contributed by atoms with Crippen molar-refractivity contribution < 1.29 is 28.2 Å². The number of ether oxygens (including phenoxy) is 2. The van der Waals surface area contributed by atoms with Crippen molar-refractivity contribution in [3.8, 4) is 0 Å². The van der Waals surface area contributed by atoms with Crippen molar-refractivity contribution in [1.29, 1.82) is 0 Å². The van der Waals surface area contributed by atoms with E-state index >= 15 is 0 Å². The second kappa shape index (κ2) is 23.3. The lowest BCUT2D eigenvalue weighted by Crippen LogP contribution is -2.43. The molecule has 2 amide bonds. The van der Waals surface area contributed by atoms with Gasteiger partial charge in [0.1, 0.15) is 5.82 Å². The van der Waals surface area contributed by atoms with Crippen molar-refractivity contribution in [2.24, 2.45) is 11.8 Å². The minimum Gasteiger partial charge on any atom is -0.428 e. The number of carbonyl (C=O) groups excluding carboxylic acids is 3. The van der Waals surface area contributed by atoms with Gasteiger partial charge in [-0.3, -0.25) is 14.6 Å². The lowest BCUT2D eigenvalue weighted by Gasteiger charge is -2.34. The SMILES string of the molecule is CCCCCCCCCCCCCCCCCC(=O)OCOC(=O)N(C(=O)[C@H](C)[C@H]1CC[C@@H](c2ccnc3ccc(F)cc32)CC1)c1ccc(Cl)cc1. The molecule has 0 saturated heterocycles. The topological polar surface area (TPSA) is 85.8 Å². The molecule has 0 unspecified atom stereocenters. The number of fused-ring (bicyclic) bond motifs is 1. The third-order valence-corrected chi connectivity index (χ3v) is 11.2. The lowest BCUT2D eigenvalue weighted by molar-refractivity contribution is -0.151. The van der Waals surface area contributed by atoms with Gasteiger partial charge < -0.3 is 9.47 Å². The first kappa shape index (κ1) is 42.2. The highest BCUT2D eigenvalue weighted by Crippen LogP contribution is 2.41. The molecule has 0 radical (unpaired) electrons. The number of halogens is 2. The van der Waals surface area contributed by atoms with Gasteiger partial charge in [-0.2, -0.15) is 0 Å². The van der Waals surface area contributed by atoms with Gasteiger partial charge >= 0.3 is 12.1 Å². The van der Waals surface area contributed by atoms with Crippen LogP contribution in [0.3, 0.4) is 0 Å². The molecule has 1 saturated carbocycles. The van der Waals surface area contributed by atoms with E-state index in [0.29, 0.717) is 10.7 Å². The van der Waals surface area contributed by atoms with Crippen LogP contribution in [0.2, 0.25) is 5.02 Å². The summed E-state index contributed by atoms with van der Waals surface area (Å²) in [6.45, 7) is 3.54. The Morgan fingerprint density at radius 3 is 1.98 bits per heavy atom. The zero-order valence-electron chi connectivity index (χ0n) is 32.0. The number of hydrogen-bond donors (Lipinski definition) is 0. The Bertz CT molecular complexity index is 1560. The largest absolute Gasteiger partial charge is 0.428 e. The monoisotopic (exact) mass is 750 g/mol. The number of pyridine rings is 1. The van der Waals surface area contributed by atoms with Gasteiger partial charge in [0.25, 0.3) is 0 Å². The standard InChI is InChI=1S/C44H60ClFN2O5/c1-3-4-5-6-7-8-9-10-11-12-13-14-15-16-17-18-42(49)52-32-53-44(51)48(38-26-23-36(45)24-27-38)43(50)33(2)34-19-21-35(22-20-34)39-29-30-47-41-28-25-37(46)31-40(39)41/h23-31,33-35H,3-22,32H2,1-2H3/t33-,34-,35+/m1/s1. The minimum atomic E-state index is -0.900. The fourth-order valence-electron chi connectivity index (χ4n) is 7.67. The number of anilines is 1. The van der Waals surface area contributed by atoms with E-state index in [4.69, 9.17) is 21.1 Å². The van der Waals surface area contributed by atoms with Gasteiger partial charge in [-0.15, -0.1) is 0 Å². The van der Waals surface area contributed by atoms with Crippen molar-refractivity contribution in [2.75, 3.05) is 11.7 Å². The van der Waals surface area contributed by atoms with Crippen molar-refractivity contribution in [3.63, 3.8) is 0 Å². The summed E-state index contributed by atoms with van der Waals surface area (Å²) in [7, 11) is 0. The lowest BCUT2D eigenvalue weighted by atomic mass is 9.73. The van der Waals surface area contributed by atoms with Crippen molar-refractivity contribution in [2.45, 2.75) is 148 Å². The zero-order valence-corrected chi connectivity index (χ0v) is 32.7. The van der Waals surface area contributed by atoms with Crippen LogP contribution in [0.4, 0.5) is 14.9 Å². The molecule has 9 heteroatoms. The Balaban J connectivity index is 1.16. The van der Waals surface area contributed by atoms with Gasteiger partial charge in [-0.25, -0.2) is 14.1 Å². The predicted molar refractivity (Wildman–Crippen MR) is 211 cm³/mol. The number of unbranched alkanes of at least 4 members (excludes halogenated alkanes) is 14. The van der Waals surface area contributed by atoms with Crippen molar-refractivity contribution in [1.82, 2.24) is 4.98 Å². The van der Waals surface area contributed by atoms with Crippen LogP contribution in [0.5, 0.6) is 0 Å². The average molecular weight is 751 g/mol.